The van der Waals surface area contributed by atoms with E-state index >= 15 is 0 Å². The zero-order chi connectivity index (χ0) is 19.2. The average molecular weight is 391 g/mol. The fourth-order valence-electron chi connectivity index (χ4n) is 4.75. The van der Waals surface area contributed by atoms with Crippen LogP contribution in [0.5, 0.6) is 0 Å². The number of aromatic nitrogens is 1. The molecule has 2 fully saturated rings. The maximum absolute atomic E-state index is 13.4. The van der Waals surface area contributed by atoms with Crippen LogP contribution in [0, 0.1) is 0 Å². The monoisotopic (exact) mass is 391 g/mol. The summed E-state index contributed by atoms with van der Waals surface area (Å²) in [6.45, 7) is 0.592. The minimum absolute atomic E-state index is 0.0141. The van der Waals surface area contributed by atoms with E-state index in [-0.39, 0.29) is 22.2 Å². The van der Waals surface area contributed by atoms with Crippen molar-refractivity contribution in [3.8, 4) is 0 Å². The van der Waals surface area contributed by atoms with Gasteiger partial charge in [-0.1, -0.05) is 35.6 Å². The summed E-state index contributed by atoms with van der Waals surface area (Å²) in [6, 6.07) is 12.5. The van der Waals surface area contributed by atoms with Gasteiger partial charge >= 0.3 is 10.9 Å². The summed E-state index contributed by atoms with van der Waals surface area (Å²) in [6.07, 6.45) is 2.11. The number of benzene rings is 2. The lowest BCUT2D eigenvalue weighted by Gasteiger charge is -2.35. The number of imide groups is 1. The standard InChI is InChI=1S/C21H17N3O3S/c1-22-15-10-12(6-7-16(15)28-20(22)27)24-18(25)17-13-4-2-3-5-14(13)21(8-9-21)11-23(17)19(24)26/h2-7,10,17H,8-9,11H2,1H3. The Bertz CT molecular complexity index is 1250. The van der Waals surface area contributed by atoms with Gasteiger partial charge < -0.3 is 9.47 Å². The van der Waals surface area contributed by atoms with E-state index in [9.17, 15) is 14.4 Å². The number of hydrogen-bond acceptors (Lipinski definition) is 4. The third kappa shape index (κ3) is 1.89. The van der Waals surface area contributed by atoms with Crippen molar-refractivity contribution in [3.63, 3.8) is 0 Å². The Labute approximate surface area is 164 Å². The summed E-state index contributed by atoms with van der Waals surface area (Å²) in [5.41, 5.74) is 3.44. The van der Waals surface area contributed by atoms with Crippen molar-refractivity contribution in [2.75, 3.05) is 11.4 Å². The molecule has 0 radical (unpaired) electrons. The Morgan fingerprint density at radius 2 is 1.86 bits per heavy atom. The van der Waals surface area contributed by atoms with Crippen LogP contribution in [0.2, 0.25) is 0 Å². The number of hydrogen-bond donors (Lipinski definition) is 0. The molecule has 3 amide bonds. The Kier molecular flexibility index (Phi) is 2.93. The highest BCUT2D eigenvalue weighted by atomic mass is 32.1. The molecule has 2 aromatic carbocycles. The molecule has 1 atom stereocenters. The number of fused-ring (bicyclic) bond motifs is 5. The fourth-order valence-corrected chi connectivity index (χ4v) is 5.61. The molecule has 6 nitrogen and oxygen atoms in total. The first-order valence-corrected chi connectivity index (χ1v) is 10.2. The SMILES string of the molecule is Cn1c(=O)sc2ccc(N3C(=O)C4c5ccccc5C5(CC5)CN4C3=O)cc21. The number of amides is 3. The molecular weight excluding hydrogens is 374 g/mol. The quantitative estimate of drug-likeness (QED) is 0.599. The third-order valence-corrected chi connectivity index (χ3v) is 7.40. The normalized spacial score (nSPS) is 22.1. The van der Waals surface area contributed by atoms with Gasteiger partial charge in [-0.2, -0.15) is 0 Å². The highest BCUT2D eigenvalue weighted by Gasteiger charge is 2.58. The third-order valence-electron chi connectivity index (χ3n) is 6.39. The highest BCUT2D eigenvalue weighted by molar-refractivity contribution is 7.16. The molecule has 140 valence electrons. The number of rotatable bonds is 1. The maximum Gasteiger partial charge on any atom is 0.332 e. The molecule has 3 aliphatic rings. The predicted octanol–water partition coefficient (Wildman–Crippen LogP) is 3.16. The number of thiazole rings is 1. The Hall–Kier alpha value is -2.93. The molecule has 2 aliphatic heterocycles. The molecule has 1 saturated heterocycles. The Morgan fingerprint density at radius 1 is 1.07 bits per heavy atom. The van der Waals surface area contributed by atoms with Crippen molar-refractivity contribution in [3.05, 3.63) is 63.3 Å². The first kappa shape index (κ1) is 16.1. The van der Waals surface area contributed by atoms with E-state index in [1.54, 1.807) is 28.6 Å². The van der Waals surface area contributed by atoms with Crippen LogP contribution < -0.4 is 9.77 Å². The van der Waals surface area contributed by atoms with Gasteiger partial charge in [0.1, 0.15) is 6.04 Å². The van der Waals surface area contributed by atoms with Crippen LogP contribution in [0.1, 0.15) is 30.0 Å². The number of carbonyl (C=O) groups is 2. The van der Waals surface area contributed by atoms with Crippen LogP contribution in [0.3, 0.4) is 0 Å². The molecule has 1 aliphatic carbocycles. The van der Waals surface area contributed by atoms with Gasteiger partial charge in [0.2, 0.25) is 0 Å². The molecule has 1 spiro atoms. The smallest absolute Gasteiger partial charge is 0.307 e. The van der Waals surface area contributed by atoms with Crippen LogP contribution in [0.4, 0.5) is 10.5 Å². The first-order valence-electron chi connectivity index (χ1n) is 9.34. The van der Waals surface area contributed by atoms with E-state index in [0.717, 1.165) is 40.0 Å². The zero-order valence-corrected chi connectivity index (χ0v) is 16.0. The van der Waals surface area contributed by atoms with Gasteiger partial charge in [-0.3, -0.25) is 9.59 Å². The zero-order valence-electron chi connectivity index (χ0n) is 15.2. The van der Waals surface area contributed by atoms with Crippen molar-refractivity contribution in [2.45, 2.75) is 24.3 Å². The lowest BCUT2D eigenvalue weighted by atomic mass is 9.83. The number of urea groups is 1. The van der Waals surface area contributed by atoms with Crippen LogP contribution in [0.25, 0.3) is 10.2 Å². The van der Waals surface area contributed by atoms with E-state index in [0.29, 0.717) is 12.2 Å². The second-order valence-corrected chi connectivity index (χ2v) is 8.93. The summed E-state index contributed by atoms with van der Waals surface area (Å²) in [5.74, 6) is -0.215. The molecule has 7 heteroatoms. The summed E-state index contributed by atoms with van der Waals surface area (Å²) >= 11 is 1.16. The Balaban J connectivity index is 1.49. The Morgan fingerprint density at radius 3 is 2.64 bits per heavy atom. The maximum atomic E-state index is 13.4. The topological polar surface area (TPSA) is 62.6 Å². The van der Waals surface area contributed by atoms with Crippen molar-refractivity contribution < 1.29 is 9.59 Å². The second kappa shape index (κ2) is 5.11. The molecule has 3 heterocycles. The lowest BCUT2D eigenvalue weighted by Crippen LogP contribution is -2.41. The molecule has 6 rings (SSSR count). The van der Waals surface area contributed by atoms with Gasteiger partial charge in [-0.05, 0) is 42.2 Å². The predicted molar refractivity (Wildman–Crippen MR) is 107 cm³/mol. The summed E-state index contributed by atoms with van der Waals surface area (Å²) in [5, 5.41) is 0. The van der Waals surface area contributed by atoms with Gasteiger partial charge in [0.25, 0.3) is 5.91 Å². The van der Waals surface area contributed by atoms with E-state index < -0.39 is 6.04 Å². The van der Waals surface area contributed by atoms with Gasteiger partial charge in [-0.25, -0.2) is 9.69 Å². The van der Waals surface area contributed by atoms with E-state index in [4.69, 9.17) is 0 Å². The van der Waals surface area contributed by atoms with Gasteiger partial charge in [0.15, 0.2) is 0 Å². The number of nitrogens with zero attached hydrogens (tertiary/aromatic N) is 3. The number of aryl methyl sites for hydroxylation is 1. The second-order valence-electron chi connectivity index (χ2n) is 7.93. The number of anilines is 1. The van der Waals surface area contributed by atoms with Crippen molar-refractivity contribution in [2.24, 2.45) is 7.05 Å². The van der Waals surface area contributed by atoms with Crippen LogP contribution in [-0.2, 0) is 17.3 Å². The highest BCUT2D eigenvalue weighted by Crippen LogP contribution is 2.56. The van der Waals surface area contributed by atoms with Crippen LogP contribution in [-0.4, -0.2) is 28.0 Å². The summed E-state index contributed by atoms with van der Waals surface area (Å²) < 4.78 is 2.39. The average Bonchev–Trinajstić information content (AvgIpc) is 3.35. The van der Waals surface area contributed by atoms with Gasteiger partial charge in [-0.15, -0.1) is 0 Å². The van der Waals surface area contributed by atoms with E-state index in [1.165, 1.54) is 10.5 Å². The van der Waals surface area contributed by atoms with Gasteiger partial charge in [0, 0.05) is 19.0 Å². The fraction of sp³-hybridized carbons (Fsp3) is 0.286. The number of carbonyl (C=O) groups excluding carboxylic acids is 2. The van der Waals surface area contributed by atoms with Crippen LogP contribution in [0.15, 0.2) is 47.3 Å². The van der Waals surface area contributed by atoms with E-state index in [2.05, 4.69) is 6.07 Å². The molecule has 1 aromatic heterocycles. The van der Waals surface area contributed by atoms with Crippen molar-refractivity contribution >= 4 is 39.2 Å². The lowest BCUT2D eigenvalue weighted by molar-refractivity contribution is -0.120. The van der Waals surface area contributed by atoms with Crippen molar-refractivity contribution in [1.29, 1.82) is 0 Å². The van der Waals surface area contributed by atoms with E-state index in [1.807, 2.05) is 24.3 Å². The molecular formula is C21H17N3O3S. The summed E-state index contributed by atoms with van der Waals surface area (Å²) in [7, 11) is 1.70. The van der Waals surface area contributed by atoms with Crippen molar-refractivity contribution in [1.82, 2.24) is 9.47 Å². The molecule has 0 N–H and O–H groups in total. The summed E-state index contributed by atoms with van der Waals surface area (Å²) in [4.78, 5) is 41.5. The van der Waals surface area contributed by atoms with Crippen LogP contribution >= 0.6 is 11.3 Å². The minimum Gasteiger partial charge on any atom is -0.307 e. The molecule has 3 aromatic rings. The van der Waals surface area contributed by atoms with Gasteiger partial charge in [0.05, 0.1) is 15.9 Å². The molecule has 28 heavy (non-hydrogen) atoms. The molecule has 1 unspecified atom stereocenters. The largest absolute Gasteiger partial charge is 0.332 e. The molecule has 0 bridgehead atoms. The minimum atomic E-state index is -0.558. The molecule has 1 saturated carbocycles. The first-order chi connectivity index (χ1) is 13.5.